The van der Waals surface area contributed by atoms with E-state index in [-0.39, 0.29) is 17.2 Å². The minimum absolute atomic E-state index is 0.0758. The van der Waals surface area contributed by atoms with Crippen LogP contribution in [0.15, 0.2) is 24.3 Å². The summed E-state index contributed by atoms with van der Waals surface area (Å²) in [5, 5.41) is 12.9. The molecule has 7 heteroatoms. The molecule has 0 aliphatic rings. The lowest BCUT2D eigenvalue weighted by molar-refractivity contribution is -0.120. The first-order valence-electron chi connectivity index (χ1n) is 6.16. The van der Waals surface area contributed by atoms with Crippen LogP contribution in [0.25, 0.3) is 0 Å². The number of carbonyl (C=O) groups excluding carboxylic acids is 1. The molecule has 0 radical (unpaired) electrons. The zero-order valence-electron chi connectivity index (χ0n) is 11.2. The maximum atomic E-state index is 11.8. The number of aromatic carboxylic acids is 1. The highest BCUT2D eigenvalue weighted by Crippen LogP contribution is 2.18. The van der Waals surface area contributed by atoms with Crippen LogP contribution >= 0.6 is 22.9 Å². The van der Waals surface area contributed by atoms with Gasteiger partial charge in [0.15, 0.2) is 0 Å². The predicted octanol–water partition coefficient (Wildman–Crippen LogP) is 2.66. The minimum Gasteiger partial charge on any atom is -0.477 e. The summed E-state index contributed by atoms with van der Waals surface area (Å²) in [6.07, 6.45) is 0.0758. The van der Waals surface area contributed by atoms with Crippen molar-refractivity contribution in [1.29, 1.82) is 0 Å². The topological polar surface area (TPSA) is 79.3 Å². The Balaban J connectivity index is 1.91. The molecule has 0 fully saturated rings. The number of rotatable bonds is 5. The second-order valence-electron chi connectivity index (χ2n) is 4.41. The molecular weight excluding hydrogens is 312 g/mol. The largest absolute Gasteiger partial charge is 0.477 e. The fourth-order valence-electron chi connectivity index (χ4n) is 1.73. The fraction of sp³-hybridized carbons (Fsp3) is 0.214. The number of nitrogens with zero attached hydrogens (tertiary/aromatic N) is 1. The Kier molecular flexibility index (Phi) is 4.93. The highest BCUT2D eigenvalue weighted by atomic mass is 35.5. The number of benzene rings is 1. The molecule has 0 aliphatic carbocycles. The van der Waals surface area contributed by atoms with E-state index in [2.05, 4.69) is 10.3 Å². The lowest BCUT2D eigenvalue weighted by Crippen LogP contribution is -2.24. The van der Waals surface area contributed by atoms with E-state index in [4.69, 9.17) is 16.7 Å². The highest BCUT2D eigenvalue weighted by Gasteiger charge is 2.15. The van der Waals surface area contributed by atoms with Crippen LogP contribution < -0.4 is 5.32 Å². The van der Waals surface area contributed by atoms with Crippen molar-refractivity contribution in [3.63, 3.8) is 0 Å². The average Bonchev–Trinajstić information content (AvgIpc) is 2.79. The van der Waals surface area contributed by atoms with E-state index in [0.717, 1.165) is 16.9 Å². The second-order valence-corrected chi connectivity index (χ2v) is 5.93. The molecule has 5 nitrogen and oxygen atoms in total. The number of hydrogen-bond acceptors (Lipinski definition) is 4. The molecule has 0 spiro atoms. The van der Waals surface area contributed by atoms with Gasteiger partial charge >= 0.3 is 5.97 Å². The van der Waals surface area contributed by atoms with Crippen LogP contribution in [0.1, 0.15) is 25.9 Å². The van der Waals surface area contributed by atoms with Crippen molar-refractivity contribution in [2.45, 2.75) is 19.9 Å². The SMILES string of the molecule is Cc1nc(CC(=O)NCc2ccc(Cl)cc2)sc1C(=O)O. The Bertz CT molecular complexity index is 667. The maximum Gasteiger partial charge on any atom is 0.347 e. The van der Waals surface area contributed by atoms with Gasteiger partial charge in [0, 0.05) is 11.6 Å². The molecule has 2 N–H and O–H groups in total. The Morgan fingerprint density at radius 1 is 1.33 bits per heavy atom. The van der Waals surface area contributed by atoms with Gasteiger partial charge in [0.05, 0.1) is 12.1 Å². The molecule has 2 rings (SSSR count). The van der Waals surface area contributed by atoms with E-state index < -0.39 is 5.97 Å². The van der Waals surface area contributed by atoms with Crippen LogP contribution in [0, 0.1) is 6.92 Å². The summed E-state index contributed by atoms with van der Waals surface area (Å²) < 4.78 is 0. The summed E-state index contributed by atoms with van der Waals surface area (Å²) in [5.41, 5.74) is 1.38. The fourth-order valence-corrected chi connectivity index (χ4v) is 2.76. The van der Waals surface area contributed by atoms with Crippen LogP contribution in [-0.4, -0.2) is 22.0 Å². The average molecular weight is 325 g/mol. The lowest BCUT2D eigenvalue weighted by atomic mass is 10.2. The summed E-state index contributed by atoms with van der Waals surface area (Å²) in [4.78, 5) is 27.0. The van der Waals surface area contributed by atoms with Crippen LogP contribution in [0.4, 0.5) is 0 Å². The third-order valence-electron chi connectivity index (χ3n) is 2.75. The Labute approximate surface area is 130 Å². The first-order chi connectivity index (χ1) is 9.95. The van der Waals surface area contributed by atoms with Crippen LogP contribution in [0.5, 0.6) is 0 Å². The number of carboxylic acids is 1. The molecule has 1 heterocycles. The molecule has 0 bridgehead atoms. The van der Waals surface area contributed by atoms with Crippen LogP contribution in [0.3, 0.4) is 0 Å². The molecule has 1 aromatic carbocycles. The second kappa shape index (κ2) is 6.69. The van der Waals surface area contributed by atoms with Crippen molar-refractivity contribution in [2.24, 2.45) is 0 Å². The number of aryl methyl sites for hydroxylation is 1. The van der Waals surface area contributed by atoms with E-state index in [9.17, 15) is 9.59 Å². The maximum absolute atomic E-state index is 11.8. The number of carbonyl (C=O) groups is 2. The molecule has 21 heavy (non-hydrogen) atoms. The molecule has 0 saturated carbocycles. The Morgan fingerprint density at radius 3 is 2.57 bits per heavy atom. The zero-order chi connectivity index (χ0) is 15.4. The quantitative estimate of drug-likeness (QED) is 0.886. The van der Waals surface area contributed by atoms with Gasteiger partial charge in [-0.1, -0.05) is 23.7 Å². The zero-order valence-corrected chi connectivity index (χ0v) is 12.8. The predicted molar refractivity (Wildman–Crippen MR) is 80.8 cm³/mol. The number of thiazole rings is 1. The van der Waals surface area contributed by atoms with E-state index >= 15 is 0 Å². The van der Waals surface area contributed by atoms with Gasteiger partial charge in [0.1, 0.15) is 9.88 Å². The highest BCUT2D eigenvalue weighted by molar-refractivity contribution is 7.13. The van der Waals surface area contributed by atoms with Crippen molar-refractivity contribution in [3.05, 3.63) is 50.4 Å². The Hall–Kier alpha value is -1.92. The first kappa shape index (κ1) is 15.5. The van der Waals surface area contributed by atoms with Crippen molar-refractivity contribution in [3.8, 4) is 0 Å². The van der Waals surface area contributed by atoms with Gasteiger partial charge in [-0.05, 0) is 24.6 Å². The van der Waals surface area contributed by atoms with E-state index in [1.807, 2.05) is 12.1 Å². The van der Waals surface area contributed by atoms with Crippen molar-refractivity contribution in [1.82, 2.24) is 10.3 Å². The van der Waals surface area contributed by atoms with Crippen molar-refractivity contribution < 1.29 is 14.7 Å². The number of carboxylic acid groups (broad SMARTS) is 1. The number of halogens is 1. The molecule has 0 aliphatic heterocycles. The summed E-state index contributed by atoms with van der Waals surface area (Å²) in [6, 6.07) is 7.18. The third-order valence-corrected chi connectivity index (χ3v) is 4.15. The molecule has 1 aromatic heterocycles. The van der Waals surface area contributed by atoms with Gasteiger partial charge in [-0.25, -0.2) is 9.78 Å². The molecule has 2 aromatic rings. The standard InChI is InChI=1S/C14H13ClN2O3S/c1-8-13(14(19)20)21-12(17-8)6-11(18)16-7-9-2-4-10(15)5-3-9/h2-5H,6-7H2,1H3,(H,16,18)(H,19,20). The number of aromatic nitrogens is 1. The van der Waals surface area contributed by atoms with E-state index in [0.29, 0.717) is 22.3 Å². The number of nitrogens with one attached hydrogen (secondary N) is 1. The van der Waals surface area contributed by atoms with E-state index in [1.54, 1.807) is 19.1 Å². The third kappa shape index (κ3) is 4.27. The van der Waals surface area contributed by atoms with Gasteiger partial charge in [0.25, 0.3) is 0 Å². The summed E-state index contributed by atoms with van der Waals surface area (Å²) in [7, 11) is 0. The molecular formula is C14H13ClN2O3S. The molecule has 0 saturated heterocycles. The van der Waals surface area contributed by atoms with Crippen LogP contribution in [0.2, 0.25) is 5.02 Å². The van der Waals surface area contributed by atoms with Gasteiger partial charge in [-0.3, -0.25) is 4.79 Å². The Morgan fingerprint density at radius 2 is 2.00 bits per heavy atom. The first-order valence-corrected chi connectivity index (χ1v) is 7.36. The van der Waals surface area contributed by atoms with Gasteiger partial charge < -0.3 is 10.4 Å². The number of amides is 1. The van der Waals surface area contributed by atoms with Gasteiger partial charge in [-0.2, -0.15) is 0 Å². The van der Waals surface area contributed by atoms with Crippen molar-refractivity contribution in [2.75, 3.05) is 0 Å². The molecule has 0 unspecified atom stereocenters. The molecule has 1 amide bonds. The minimum atomic E-state index is -1.02. The molecule has 0 atom stereocenters. The summed E-state index contributed by atoms with van der Waals surface area (Å²) in [6.45, 7) is 2.02. The summed E-state index contributed by atoms with van der Waals surface area (Å²) in [5.74, 6) is -1.21. The van der Waals surface area contributed by atoms with Crippen LogP contribution in [-0.2, 0) is 17.8 Å². The molecule has 110 valence electrons. The number of hydrogen-bond donors (Lipinski definition) is 2. The smallest absolute Gasteiger partial charge is 0.347 e. The van der Waals surface area contributed by atoms with E-state index in [1.165, 1.54) is 0 Å². The lowest BCUT2D eigenvalue weighted by Gasteiger charge is -2.04. The normalized spacial score (nSPS) is 10.4. The van der Waals surface area contributed by atoms with Gasteiger partial charge in [0.2, 0.25) is 5.91 Å². The summed E-state index contributed by atoms with van der Waals surface area (Å²) >= 11 is 6.81. The van der Waals surface area contributed by atoms with Gasteiger partial charge in [-0.15, -0.1) is 11.3 Å². The monoisotopic (exact) mass is 324 g/mol. The van der Waals surface area contributed by atoms with Crippen molar-refractivity contribution >= 4 is 34.8 Å².